The van der Waals surface area contributed by atoms with Crippen molar-refractivity contribution in [2.45, 2.75) is 39.0 Å². The van der Waals surface area contributed by atoms with E-state index in [-0.39, 0.29) is 11.3 Å². The summed E-state index contributed by atoms with van der Waals surface area (Å²) in [7, 11) is 0. The van der Waals surface area contributed by atoms with Gasteiger partial charge in [-0.25, -0.2) is 0 Å². The first kappa shape index (κ1) is 13.4. The van der Waals surface area contributed by atoms with Crippen molar-refractivity contribution >= 4 is 5.91 Å². The largest absolute Gasteiger partial charge is 0.380 e. The zero-order valence-corrected chi connectivity index (χ0v) is 12.0. The Morgan fingerprint density at radius 2 is 2.32 bits per heavy atom. The minimum absolute atomic E-state index is 0.224. The topological polar surface area (TPSA) is 50.4 Å². The zero-order chi connectivity index (χ0) is 13.3. The summed E-state index contributed by atoms with van der Waals surface area (Å²) in [6, 6.07) is 0. The van der Waals surface area contributed by atoms with Crippen LogP contribution < -0.4 is 10.6 Å². The Hall–Kier alpha value is -0.610. The molecule has 2 N–H and O–H groups in total. The third-order valence-electron chi connectivity index (χ3n) is 5.82. The van der Waals surface area contributed by atoms with Crippen molar-refractivity contribution in [3.63, 3.8) is 0 Å². The monoisotopic (exact) mass is 266 g/mol. The minimum atomic E-state index is -0.295. The van der Waals surface area contributed by atoms with Gasteiger partial charge in [0.25, 0.3) is 0 Å². The van der Waals surface area contributed by atoms with E-state index in [1.165, 1.54) is 25.7 Å². The van der Waals surface area contributed by atoms with Crippen LogP contribution >= 0.6 is 0 Å². The van der Waals surface area contributed by atoms with E-state index in [1.54, 1.807) is 0 Å². The number of nitrogens with one attached hydrogen (secondary N) is 2. The molecule has 0 bridgehead atoms. The van der Waals surface area contributed by atoms with Crippen molar-refractivity contribution in [1.82, 2.24) is 10.6 Å². The molecule has 4 nitrogen and oxygen atoms in total. The third-order valence-corrected chi connectivity index (χ3v) is 5.82. The highest BCUT2D eigenvalue weighted by molar-refractivity contribution is 5.84. The van der Waals surface area contributed by atoms with E-state index in [2.05, 4.69) is 17.6 Å². The summed E-state index contributed by atoms with van der Waals surface area (Å²) < 4.78 is 5.61. The Labute approximate surface area is 115 Å². The van der Waals surface area contributed by atoms with Crippen LogP contribution in [0.2, 0.25) is 0 Å². The van der Waals surface area contributed by atoms with E-state index in [0.29, 0.717) is 17.9 Å². The molecule has 108 valence electrons. The lowest BCUT2D eigenvalue weighted by Gasteiger charge is -2.43. The number of ether oxygens (including phenoxy) is 1. The van der Waals surface area contributed by atoms with Crippen molar-refractivity contribution in [2.75, 3.05) is 32.8 Å². The summed E-state index contributed by atoms with van der Waals surface area (Å²) in [5.74, 6) is 0.683. The Kier molecular flexibility index (Phi) is 3.56. The second kappa shape index (κ2) is 5.06. The molecule has 1 aliphatic carbocycles. The smallest absolute Gasteiger partial charge is 0.230 e. The summed E-state index contributed by atoms with van der Waals surface area (Å²) in [5.41, 5.74) is 0.0975. The Morgan fingerprint density at radius 3 is 3.00 bits per heavy atom. The van der Waals surface area contributed by atoms with E-state index in [1.807, 2.05) is 0 Å². The second-order valence-corrected chi connectivity index (χ2v) is 6.72. The highest BCUT2D eigenvalue weighted by Gasteiger charge is 2.51. The molecule has 3 rings (SSSR count). The standard InChI is InChI=1S/C15H26N2O2/c1-2-14(5-3-6-14)9-17-13(18)15-10-16-8-12(15)4-7-19-11-15/h12,16H,2-11H2,1H3,(H,17,18)/t12-,15+/m1/s1. The lowest BCUT2D eigenvalue weighted by molar-refractivity contribution is -0.142. The molecule has 2 heterocycles. The molecule has 4 heteroatoms. The van der Waals surface area contributed by atoms with Gasteiger partial charge in [0.1, 0.15) is 0 Å². The molecular weight excluding hydrogens is 240 g/mol. The van der Waals surface area contributed by atoms with Crippen LogP contribution in [0.5, 0.6) is 0 Å². The van der Waals surface area contributed by atoms with Crippen molar-refractivity contribution < 1.29 is 9.53 Å². The predicted octanol–water partition coefficient (Wildman–Crippen LogP) is 1.31. The van der Waals surface area contributed by atoms with E-state index in [9.17, 15) is 4.79 Å². The number of carbonyl (C=O) groups excluding carboxylic acids is 1. The first-order valence-corrected chi connectivity index (χ1v) is 7.78. The van der Waals surface area contributed by atoms with Crippen LogP contribution in [0.25, 0.3) is 0 Å². The average Bonchev–Trinajstić information content (AvgIpc) is 2.82. The van der Waals surface area contributed by atoms with Crippen molar-refractivity contribution in [1.29, 1.82) is 0 Å². The van der Waals surface area contributed by atoms with Crippen LogP contribution in [0.3, 0.4) is 0 Å². The van der Waals surface area contributed by atoms with Crippen molar-refractivity contribution in [3.8, 4) is 0 Å². The fourth-order valence-electron chi connectivity index (χ4n) is 3.94. The van der Waals surface area contributed by atoms with Gasteiger partial charge in [-0.15, -0.1) is 0 Å². The molecule has 19 heavy (non-hydrogen) atoms. The molecule has 3 aliphatic rings. The maximum atomic E-state index is 12.7. The van der Waals surface area contributed by atoms with E-state index >= 15 is 0 Å². The first-order valence-electron chi connectivity index (χ1n) is 7.78. The molecule has 0 spiro atoms. The van der Waals surface area contributed by atoms with Crippen LogP contribution in [-0.4, -0.2) is 38.8 Å². The molecule has 2 atom stereocenters. The number of hydrogen-bond donors (Lipinski definition) is 2. The summed E-state index contributed by atoms with van der Waals surface area (Å²) in [4.78, 5) is 12.7. The zero-order valence-electron chi connectivity index (χ0n) is 12.0. The van der Waals surface area contributed by atoms with Gasteiger partial charge >= 0.3 is 0 Å². The molecule has 3 fully saturated rings. The van der Waals surface area contributed by atoms with Crippen molar-refractivity contribution in [2.24, 2.45) is 16.7 Å². The first-order chi connectivity index (χ1) is 9.21. The van der Waals surface area contributed by atoms with Crippen LogP contribution in [0.15, 0.2) is 0 Å². The molecule has 0 aromatic rings. The molecule has 1 amide bonds. The van der Waals surface area contributed by atoms with Gasteiger partial charge in [-0.1, -0.05) is 13.3 Å². The van der Waals surface area contributed by atoms with Gasteiger partial charge in [-0.3, -0.25) is 4.79 Å². The summed E-state index contributed by atoms with van der Waals surface area (Å²) in [6.45, 7) is 6.25. The van der Waals surface area contributed by atoms with Gasteiger partial charge in [0.2, 0.25) is 5.91 Å². The minimum Gasteiger partial charge on any atom is -0.380 e. The quantitative estimate of drug-likeness (QED) is 0.806. The lowest BCUT2D eigenvalue weighted by Crippen LogP contribution is -2.54. The maximum absolute atomic E-state index is 12.7. The number of fused-ring (bicyclic) bond motifs is 1. The second-order valence-electron chi connectivity index (χ2n) is 6.72. The Bertz CT molecular complexity index is 349. The average molecular weight is 266 g/mol. The number of amides is 1. The SMILES string of the molecule is CCC1(CNC(=O)[C@]23CNC[C@H]2CCOC3)CCC1. The van der Waals surface area contributed by atoms with Gasteiger partial charge in [0, 0.05) is 19.7 Å². The van der Waals surface area contributed by atoms with Crippen LogP contribution in [0, 0.1) is 16.7 Å². The van der Waals surface area contributed by atoms with Gasteiger partial charge in [0.05, 0.1) is 12.0 Å². The fourth-order valence-corrected chi connectivity index (χ4v) is 3.94. The summed E-state index contributed by atoms with van der Waals surface area (Å²) >= 11 is 0. The Balaban J connectivity index is 1.62. The molecule has 0 unspecified atom stereocenters. The third kappa shape index (κ3) is 2.19. The molecule has 2 saturated heterocycles. The van der Waals surface area contributed by atoms with Gasteiger partial charge in [0.15, 0.2) is 0 Å². The highest BCUT2D eigenvalue weighted by atomic mass is 16.5. The lowest BCUT2D eigenvalue weighted by atomic mass is 9.66. The summed E-state index contributed by atoms with van der Waals surface area (Å²) in [5, 5.41) is 6.63. The van der Waals surface area contributed by atoms with Crippen LogP contribution in [0.4, 0.5) is 0 Å². The van der Waals surface area contributed by atoms with Crippen LogP contribution in [-0.2, 0) is 9.53 Å². The maximum Gasteiger partial charge on any atom is 0.230 e. The van der Waals surface area contributed by atoms with E-state index < -0.39 is 0 Å². The fraction of sp³-hybridized carbons (Fsp3) is 0.933. The number of hydrogen-bond acceptors (Lipinski definition) is 3. The van der Waals surface area contributed by atoms with E-state index in [0.717, 1.165) is 32.7 Å². The Morgan fingerprint density at radius 1 is 1.47 bits per heavy atom. The van der Waals surface area contributed by atoms with Gasteiger partial charge in [-0.2, -0.15) is 0 Å². The van der Waals surface area contributed by atoms with Crippen LogP contribution in [0.1, 0.15) is 39.0 Å². The number of rotatable bonds is 4. The summed E-state index contributed by atoms with van der Waals surface area (Å²) in [6.07, 6.45) is 6.06. The van der Waals surface area contributed by atoms with Gasteiger partial charge < -0.3 is 15.4 Å². The molecule has 1 saturated carbocycles. The van der Waals surface area contributed by atoms with E-state index in [4.69, 9.17) is 4.74 Å². The normalized spacial score (nSPS) is 36.4. The molecule has 0 aromatic carbocycles. The predicted molar refractivity (Wildman–Crippen MR) is 73.8 cm³/mol. The molecule has 2 aliphatic heterocycles. The van der Waals surface area contributed by atoms with Gasteiger partial charge in [-0.05, 0) is 43.6 Å². The molecular formula is C15H26N2O2. The number of carbonyl (C=O) groups is 1. The van der Waals surface area contributed by atoms with Crippen molar-refractivity contribution in [3.05, 3.63) is 0 Å². The molecule has 0 aromatic heterocycles. The highest BCUT2D eigenvalue weighted by Crippen LogP contribution is 2.44. The molecule has 0 radical (unpaired) electrons.